The second-order valence-corrected chi connectivity index (χ2v) is 3.59. The van der Waals surface area contributed by atoms with Gasteiger partial charge >= 0.3 is 6.61 Å². The quantitative estimate of drug-likeness (QED) is 0.855. The van der Waals surface area contributed by atoms with Crippen molar-refractivity contribution in [3.05, 3.63) is 18.0 Å². The molecule has 0 saturated heterocycles. The van der Waals surface area contributed by atoms with Crippen LogP contribution in [-0.4, -0.2) is 21.7 Å². The summed E-state index contributed by atoms with van der Waals surface area (Å²) < 4.78 is 28.2. The van der Waals surface area contributed by atoms with Crippen molar-refractivity contribution in [1.29, 1.82) is 0 Å². The standard InChI is InChI=1S/C9H7BrF2N2O2/c10-3-8-13-4-1-6(15)7(16-9(11)12)2-5(4)14-8/h1-2,9,15H,3H2,(H,13,14). The molecular formula is C9H7BrF2N2O2. The fourth-order valence-electron chi connectivity index (χ4n) is 1.33. The summed E-state index contributed by atoms with van der Waals surface area (Å²) in [6.07, 6.45) is 0. The van der Waals surface area contributed by atoms with Gasteiger partial charge in [-0.15, -0.1) is 0 Å². The lowest BCUT2D eigenvalue weighted by Crippen LogP contribution is -2.01. The van der Waals surface area contributed by atoms with Crippen molar-refractivity contribution in [3.63, 3.8) is 0 Å². The number of hydrogen-bond acceptors (Lipinski definition) is 3. The predicted molar refractivity (Wildman–Crippen MR) is 57.0 cm³/mol. The summed E-state index contributed by atoms with van der Waals surface area (Å²) in [7, 11) is 0. The van der Waals surface area contributed by atoms with Gasteiger partial charge < -0.3 is 14.8 Å². The van der Waals surface area contributed by atoms with Gasteiger partial charge in [-0.2, -0.15) is 8.78 Å². The van der Waals surface area contributed by atoms with Crippen LogP contribution in [-0.2, 0) is 5.33 Å². The number of halogens is 3. The predicted octanol–water partition coefficient (Wildman–Crippen LogP) is 2.76. The van der Waals surface area contributed by atoms with E-state index >= 15 is 0 Å². The normalized spacial score (nSPS) is 11.2. The number of rotatable bonds is 3. The highest BCUT2D eigenvalue weighted by molar-refractivity contribution is 9.08. The molecule has 0 aliphatic rings. The molecular weight excluding hydrogens is 286 g/mol. The first-order valence-electron chi connectivity index (χ1n) is 4.32. The van der Waals surface area contributed by atoms with Crippen LogP contribution in [0.15, 0.2) is 12.1 Å². The van der Waals surface area contributed by atoms with Gasteiger partial charge in [-0.25, -0.2) is 4.98 Å². The lowest BCUT2D eigenvalue weighted by atomic mass is 10.3. The molecule has 1 aromatic heterocycles. The number of nitrogens with one attached hydrogen (secondary N) is 1. The number of aromatic hydroxyl groups is 1. The van der Waals surface area contributed by atoms with E-state index in [4.69, 9.17) is 0 Å². The summed E-state index contributed by atoms with van der Waals surface area (Å²) >= 11 is 3.21. The van der Waals surface area contributed by atoms with E-state index in [1.807, 2.05) is 0 Å². The van der Waals surface area contributed by atoms with Crippen LogP contribution in [0.25, 0.3) is 11.0 Å². The fraction of sp³-hybridized carbons (Fsp3) is 0.222. The summed E-state index contributed by atoms with van der Waals surface area (Å²) in [6.45, 7) is -2.97. The summed E-state index contributed by atoms with van der Waals surface area (Å²) in [6, 6.07) is 2.56. The molecule has 0 aliphatic carbocycles. The molecule has 0 atom stereocenters. The highest BCUT2D eigenvalue weighted by atomic mass is 79.9. The number of hydrogen-bond donors (Lipinski definition) is 2. The van der Waals surface area contributed by atoms with Crippen LogP contribution in [0.2, 0.25) is 0 Å². The van der Waals surface area contributed by atoms with Crippen molar-refractivity contribution in [2.75, 3.05) is 0 Å². The average molecular weight is 293 g/mol. The van der Waals surface area contributed by atoms with E-state index in [1.54, 1.807) is 0 Å². The molecule has 86 valence electrons. The first kappa shape index (κ1) is 11.1. The molecule has 0 aliphatic heterocycles. The first-order valence-corrected chi connectivity index (χ1v) is 5.44. The van der Waals surface area contributed by atoms with E-state index in [-0.39, 0.29) is 11.5 Å². The molecule has 0 radical (unpaired) electrons. The zero-order valence-electron chi connectivity index (χ0n) is 7.88. The Morgan fingerprint density at radius 3 is 2.88 bits per heavy atom. The Balaban J connectivity index is 2.47. The summed E-state index contributed by atoms with van der Waals surface area (Å²) in [5, 5.41) is 9.93. The zero-order chi connectivity index (χ0) is 11.7. The number of alkyl halides is 3. The van der Waals surface area contributed by atoms with E-state index < -0.39 is 6.61 Å². The third-order valence-corrected chi connectivity index (χ3v) is 2.49. The average Bonchev–Trinajstić information content (AvgIpc) is 2.59. The van der Waals surface area contributed by atoms with E-state index in [0.29, 0.717) is 22.2 Å². The molecule has 7 heteroatoms. The number of imidazole rings is 1. The molecule has 1 aromatic carbocycles. The Labute approximate surface area is 97.4 Å². The van der Waals surface area contributed by atoms with Gasteiger partial charge in [0.25, 0.3) is 0 Å². The maximum absolute atomic E-state index is 12.0. The smallest absolute Gasteiger partial charge is 0.387 e. The van der Waals surface area contributed by atoms with Crippen molar-refractivity contribution in [1.82, 2.24) is 9.97 Å². The number of ether oxygens (including phenoxy) is 1. The third kappa shape index (κ3) is 2.08. The Hall–Kier alpha value is -1.37. The summed E-state index contributed by atoms with van der Waals surface area (Å²) in [4.78, 5) is 7.01. The van der Waals surface area contributed by atoms with Gasteiger partial charge in [0.1, 0.15) is 5.82 Å². The molecule has 2 rings (SSSR count). The zero-order valence-corrected chi connectivity index (χ0v) is 9.46. The molecule has 2 aromatic rings. The molecule has 1 heterocycles. The monoisotopic (exact) mass is 292 g/mol. The largest absolute Gasteiger partial charge is 0.504 e. The lowest BCUT2D eigenvalue weighted by Gasteiger charge is -2.05. The molecule has 0 unspecified atom stereocenters. The van der Waals surface area contributed by atoms with Gasteiger partial charge in [0, 0.05) is 12.1 Å². The van der Waals surface area contributed by atoms with Gasteiger partial charge in [-0.1, -0.05) is 15.9 Å². The van der Waals surface area contributed by atoms with Crippen LogP contribution in [0.1, 0.15) is 5.82 Å². The number of aromatic nitrogens is 2. The molecule has 2 N–H and O–H groups in total. The van der Waals surface area contributed by atoms with Gasteiger partial charge in [0.2, 0.25) is 0 Å². The number of nitrogens with zero attached hydrogens (tertiary/aromatic N) is 1. The van der Waals surface area contributed by atoms with E-state index in [2.05, 4.69) is 30.6 Å². The van der Waals surface area contributed by atoms with Crippen molar-refractivity contribution in [3.8, 4) is 11.5 Å². The number of benzene rings is 1. The minimum Gasteiger partial charge on any atom is -0.504 e. The number of aromatic amines is 1. The van der Waals surface area contributed by atoms with Gasteiger partial charge in [0.15, 0.2) is 11.5 Å². The van der Waals surface area contributed by atoms with E-state index in [0.717, 1.165) is 0 Å². The van der Waals surface area contributed by atoms with Crippen molar-refractivity contribution < 1.29 is 18.6 Å². The van der Waals surface area contributed by atoms with Crippen LogP contribution in [0.5, 0.6) is 11.5 Å². The van der Waals surface area contributed by atoms with E-state index in [1.165, 1.54) is 12.1 Å². The SMILES string of the molecule is Oc1cc2[nH]c(CBr)nc2cc1OC(F)F. The van der Waals surface area contributed by atoms with Crippen LogP contribution in [0.3, 0.4) is 0 Å². The van der Waals surface area contributed by atoms with Crippen LogP contribution >= 0.6 is 15.9 Å². The fourth-order valence-corrected chi connectivity index (χ4v) is 1.60. The molecule has 16 heavy (non-hydrogen) atoms. The number of phenols is 1. The Morgan fingerprint density at radius 1 is 1.50 bits per heavy atom. The van der Waals surface area contributed by atoms with Gasteiger partial charge in [-0.3, -0.25) is 0 Å². The Morgan fingerprint density at radius 2 is 2.25 bits per heavy atom. The number of H-pyrrole nitrogens is 1. The minimum atomic E-state index is -2.97. The van der Waals surface area contributed by atoms with Crippen molar-refractivity contribution in [2.45, 2.75) is 11.9 Å². The molecule has 4 nitrogen and oxygen atoms in total. The summed E-state index contributed by atoms with van der Waals surface area (Å²) in [5.41, 5.74) is 1.02. The minimum absolute atomic E-state index is 0.282. The van der Waals surface area contributed by atoms with Gasteiger partial charge in [0.05, 0.1) is 16.4 Å². The second-order valence-electron chi connectivity index (χ2n) is 3.03. The maximum atomic E-state index is 12.0. The van der Waals surface area contributed by atoms with Crippen molar-refractivity contribution in [2.24, 2.45) is 0 Å². The Bertz CT molecular complexity index is 515. The van der Waals surface area contributed by atoms with Crippen molar-refractivity contribution >= 4 is 27.0 Å². The van der Waals surface area contributed by atoms with Crippen LogP contribution in [0.4, 0.5) is 8.78 Å². The topological polar surface area (TPSA) is 58.1 Å². The van der Waals surface area contributed by atoms with Crippen LogP contribution < -0.4 is 4.74 Å². The van der Waals surface area contributed by atoms with Gasteiger partial charge in [-0.05, 0) is 0 Å². The highest BCUT2D eigenvalue weighted by Gasteiger charge is 2.12. The van der Waals surface area contributed by atoms with Crippen LogP contribution in [0, 0.1) is 0 Å². The highest BCUT2D eigenvalue weighted by Crippen LogP contribution is 2.31. The molecule has 0 saturated carbocycles. The molecule has 0 fully saturated rings. The number of fused-ring (bicyclic) bond motifs is 1. The molecule has 0 spiro atoms. The third-order valence-electron chi connectivity index (χ3n) is 1.95. The first-order chi connectivity index (χ1) is 7.60. The Kier molecular flexibility index (Phi) is 2.95. The van der Waals surface area contributed by atoms with E-state index in [9.17, 15) is 13.9 Å². The molecule has 0 amide bonds. The lowest BCUT2D eigenvalue weighted by molar-refractivity contribution is -0.0511. The summed E-state index contributed by atoms with van der Waals surface area (Å²) in [5.74, 6) is 0.0105. The molecule has 0 bridgehead atoms. The maximum Gasteiger partial charge on any atom is 0.387 e. The number of phenolic OH excluding ortho intramolecular Hbond substituents is 1. The second kappa shape index (κ2) is 4.25.